The second kappa shape index (κ2) is 17.8. The minimum atomic E-state index is 0. The normalized spacial score (nSPS) is 5.00. The van der Waals surface area contributed by atoms with Gasteiger partial charge in [-0.2, -0.15) is 0 Å². The molecule has 0 aromatic carbocycles. The second-order valence-electron chi connectivity index (χ2n) is 0.512. The van der Waals surface area contributed by atoms with Gasteiger partial charge in [-0.05, 0) is 0 Å². The lowest BCUT2D eigenvalue weighted by Gasteiger charge is -1.71. The van der Waals surface area contributed by atoms with Crippen molar-refractivity contribution in [3.8, 4) is 0 Å². The molecule has 0 aromatic rings. The van der Waals surface area contributed by atoms with Crippen LogP contribution in [-0.4, -0.2) is 18.3 Å². The number of aliphatic hydroxyl groups excluding tert-OH is 1. The molecule has 3 N–H and O–H groups in total. The van der Waals surface area contributed by atoms with Crippen LogP contribution in [0.2, 0.25) is 0 Å². The van der Waals surface area contributed by atoms with Gasteiger partial charge in [-0.3, -0.25) is 0 Å². The van der Waals surface area contributed by atoms with Crippen LogP contribution in [0, 0.1) is 0 Å². The van der Waals surface area contributed by atoms with Gasteiger partial charge in [0.05, 0.1) is 6.61 Å². The first-order valence-electron chi connectivity index (χ1n) is 1.22. The number of hydrogen-bond acceptors (Lipinski definition) is 2. The molecule has 0 saturated carbocycles. The van der Waals surface area contributed by atoms with Gasteiger partial charge in [0.1, 0.15) is 0 Å². The van der Waals surface area contributed by atoms with Crippen LogP contribution < -0.4 is 5.73 Å². The summed E-state index contributed by atoms with van der Waals surface area (Å²) >= 11 is 0. The predicted octanol–water partition coefficient (Wildman–Crippen LogP) is -0.219. The number of hydrogen-bond donors (Lipinski definition) is 2. The summed E-state index contributed by atoms with van der Waals surface area (Å²) < 4.78 is 0. The molecule has 0 saturated heterocycles. The summed E-state index contributed by atoms with van der Waals surface area (Å²) in [7, 11) is 0. The Morgan fingerprint density at radius 3 is 1.50 bits per heavy atom. The van der Waals surface area contributed by atoms with Gasteiger partial charge in [-0.1, -0.05) is 0 Å². The fraction of sp³-hybridized carbons (Fsp3) is 1.00. The molecular formula is C2H9Cl2NO. The molecule has 0 aliphatic rings. The Labute approximate surface area is 49.5 Å². The maximum absolute atomic E-state index is 7.75. The zero-order chi connectivity index (χ0) is 3.41. The third kappa shape index (κ3) is 24.5. The van der Waals surface area contributed by atoms with Gasteiger partial charge in [-0.15, -0.1) is 24.8 Å². The maximum Gasteiger partial charge on any atom is 0.0553 e. The van der Waals surface area contributed by atoms with E-state index in [1.54, 1.807) is 0 Å². The number of nitrogens with two attached hydrogens (primary N) is 1. The van der Waals surface area contributed by atoms with Gasteiger partial charge < -0.3 is 10.8 Å². The van der Waals surface area contributed by atoms with E-state index in [0.717, 1.165) is 0 Å². The SMILES string of the molecule is Cl.Cl.NCCO. The minimum Gasteiger partial charge on any atom is -0.395 e. The minimum absolute atomic E-state index is 0. The predicted molar refractivity (Wildman–Crippen MR) is 30.6 cm³/mol. The highest BCUT2D eigenvalue weighted by atomic mass is 35.5. The van der Waals surface area contributed by atoms with E-state index in [1.165, 1.54) is 0 Å². The zero-order valence-corrected chi connectivity index (χ0v) is 4.89. The molecule has 0 spiro atoms. The van der Waals surface area contributed by atoms with Crippen molar-refractivity contribution < 1.29 is 5.11 Å². The van der Waals surface area contributed by atoms with Crippen molar-refractivity contribution in [2.75, 3.05) is 13.2 Å². The van der Waals surface area contributed by atoms with Crippen LogP contribution >= 0.6 is 24.8 Å². The van der Waals surface area contributed by atoms with Crippen LogP contribution in [-0.2, 0) is 0 Å². The quantitative estimate of drug-likeness (QED) is 0.520. The maximum atomic E-state index is 7.75. The van der Waals surface area contributed by atoms with Crippen LogP contribution in [0.4, 0.5) is 0 Å². The van der Waals surface area contributed by atoms with Crippen molar-refractivity contribution in [2.24, 2.45) is 5.73 Å². The Bertz CT molecular complexity index is 13.5. The Morgan fingerprint density at radius 2 is 1.50 bits per heavy atom. The molecule has 0 rings (SSSR count). The van der Waals surface area contributed by atoms with Crippen molar-refractivity contribution in [3.05, 3.63) is 0 Å². The van der Waals surface area contributed by atoms with Gasteiger partial charge in [0.25, 0.3) is 0 Å². The van der Waals surface area contributed by atoms with Crippen molar-refractivity contribution in [1.29, 1.82) is 0 Å². The lowest BCUT2D eigenvalue weighted by molar-refractivity contribution is 0.306. The first-order chi connectivity index (χ1) is 1.91. The summed E-state index contributed by atoms with van der Waals surface area (Å²) in [5.74, 6) is 0. The summed E-state index contributed by atoms with van der Waals surface area (Å²) in [4.78, 5) is 0. The van der Waals surface area contributed by atoms with Crippen molar-refractivity contribution in [3.63, 3.8) is 0 Å². The van der Waals surface area contributed by atoms with E-state index in [9.17, 15) is 0 Å². The second-order valence-corrected chi connectivity index (χ2v) is 0.512. The molecule has 0 amide bonds. The molecule has 0 fully saturated rings. The summed E-state index contributed by atoms with van der Waals surface area (Å²) in [6.45, 7) is 0.472. The van der Waals surface area contributed by atoms with Gasteiger partial charge in [0, 0.05) is 6.54 Å². The third-order valence-electron chi connectivity index (χ3n) is 0.129. The van der Waals surface area contributed by atoms with E-state index in [2.05, 4.69) is 0 Å². The highest BCUT2D eigenvalue weighted by Gasteiger charge is 1.56. The fourth-order valence-corrected chi connectivity index (χ4v) is 0. The monoisotopic (exact) mass is 133 g/mol. The van der Waals surface area contributed by atoms with Gasteiger partial charge in [0.2, 0.25) is 0 Å². The van der Waals surface area contributed by atoms with E-state index in [1.807, 2.05) is 0 Å². The van der Waals surface area contributed by atoms with E-state index in [0.29, 0.717) is 6.54 Å². The number of halogens is 2. The summed E-state index contributed by atoms with van der Waals surface area (Å²) in [5, 5.41) is 7.75. The highest BCUT2D eigenvalue weighted by Crippen LogP contribution is 1.33. The molecule has 42 valence electrons. The highest BCUT2D eigenvalue weighted by molar-refractivity contribution is 5.85. The molecule has 0 heterocycles. The summed E-state index contributed by atoms with van der Waals surface area (Å²) in [5.41, 5.74) is 4.78. The van der Waals surface area contributed by atoms with E-state index >= 15 is 0 Å². The molecule has 0 radical (unpaired) electrons. The average Bonchev–Trinajstić information content (AvgIpc) is 1.37. The Hall–Kier alpha value is 0.500. The van der Waals surface area contributed by atoms with E-state index in [4.69, 9.17) is 10.8 Å². The molecule has 2 nitrogen and oxygen atoms in total. The molecule has 0 unspecified atom stereocenters. The summed E-state index contributed by atoms with van der Waals surface area (Å²) in [6, 6.07) is 0. The molecular weight excluding hydrogens is 125 g/mol. The van der Waals surface area contributed by atoms with Gasteiger partial charge >= 0.3 is 0 Å². The van der Waals surface area contributed by atoms with Crippen LogP contribution in [0.3, 0.4) is 0 Å². The largest absolute Gasteiger partial charge is 0.395 e. The van der Waals surface area contributed by atoms with Crippen molar-refractivity contribution >= 4 is 24.8 Å². The van der Waals surface area contributed by atoms with Crippen LogP contribution in [0.5, 0.6) is 0 Å². The van der Waals surface area contributed by atoms with Crippen LogP contribution in [0.1, 0.15) is 0 Å². The average molecular weight is 134 g/mol. The van der Waals surface area contributed by atoms with Gasteiger partial charge in [-0.25, -0.2) is 0 Å². The lowest BCUT2D eigenvalue weighted by Crippen LogP contribution is -2.02. The van der Waals surface area contributed by atoms with Crippen LogP contribution in [0.15, 0.2) is 0 Å². The lowest BCUT2D eigenvalue weighted by atomic mass is 10.8. The zero-order valence-electron chi connectivity index (χ0n) is 3.26. The molecule has 0 aliphatic carbocycles. The van der Waals surface area contributed by atoms with Gasteiger partial charge in [0.15, 0.2) is 0 Å². The summed E-state index contributed by atoms with van der Waals surface area (Å²) in [6.07, 6.45) is 0. The third-order valence-corrected chi connectivity index (χ3v) is 0.129. The molecule has 0 aliphatic heterocycles. The Balaban J connectivity index is -0.0000000450. The Morgan fingerprint density at radius 1 is 1.33 bits per heavy atom. The molecule has 0 atom stereocenters. The van der Waals surface area contributed by atoms with E-state index in [-0.39, 0.29) is 31.4 Å². The van der Waals surface area contributed by atoms with Crippen molar-refractivity contribution in [1.82, 2.24) is 0 Å². The topological polar surface area (TPSA) is 46.2 Å². The molecule has 0 bridgehead atoms. The number of aliphatic hydroxyl groups is 1. The Kier molecular flexibility index (Phi) is 47.7. The number of rotatable bonds is 1. The fourth-order valence-electron chi connectivity index (χ4n) is 0. The van der Waals surface area contributed by atoms with Crippen LogP contribution in [0.25, 0.3) is 0 Å². The molecule has 4 heteroatoms. The smallest absolute Gasteiger partial charge is 0.0553 e. The standard InChI is InChI=1S/C2H7NO.2ClH/c3-1-2-4;;/h4H,1-3H2;2*1H. The van der Waals surface area contributed by atoms with E-state index < -0.39 is 0 Å². The first-order valence-corrected chi connectivity index (χ1v) is 1.22. The van der Waals surface area contributed by atoms with Crippen molar-refractivity contribution in [2.45, 2.75) is 0 Å². The molecule has 0 aromatic heterocycles. The molecule has 6 heavy (non-hydrogen) atoms. The first kappa shape index (κ1) is 16.1.